The van der Waals surface area contributed by atoms with Crippen LogP contribution < -0.4 is 5.32 Å². The maximum Gasteiger partial charge on any atom is 0.317 e. The number of amides is 2. The smallest absolute Gasteiger partial charge is 0.317 e. The standard InChI is InChI=1S/C15H23ClN2O3S/c1-4-18(12(2)11-22(3,20)21)15(19)17-10-9-13-7-5-6-8-14(13)16/h5-8,12H,4,9-11H2,1-3H3,(H,17,19)/t12-/m0/s1. The third kappa shape index (κ3) is 6.23. The summed E-state index contributed by atoms with van der Waals surface area (Å²) in [7, 11) is -3.12. The lowest BCUT2D eigenvalue weighted by molar-refractivity contribution is 0.187. The topological polar surface area (TPSA) is 66.5 Å². The first-order valence-electron chi connectivity index (χ1n) is 7.20. The van der Waals surface area contributed by atoms with Crippen molar-refractivity contribution in [1.82, 2.24) is 10.2 Å². The van der Waals surface area contributed by atoms with Gasteiger partial charge in [-0.15, -0.1) is 0 Å². The van der Waals surface area contributed by atoms with Crippen LogP contribution in [0.1, 0.15) is 19.4 Å². The van der Waals surface area contributed by atoms with Gasteiger partial charge < -0.3 is 10.2 Å². The third-order valence-electron chi connectivity index (χ3n) is 3.31. The Hall–Kier alpha value is -1.27. The van der Waals surface area contributed by atoms with Crippen molar-refractivity contribution in [2.75, 3.05) is 25.1 Å². The Kier molecular flexibility index (Phi) is 7.16. The molecule has 0 saturated heterocycles. The molecule has 2 amide bonds. The third-order valence-corrected chi connectivity index (χ3v) is 4.76. The van der Waals surface area contributed by atoms with Crippen molar-refractivity contribution in [3.63, 3.8) is 0 Å². The van der Waals surface area contributed by atoms with E-state index >= 15 is 0 Å². The molecular weight excluding hydrogens is 324 g/mol. The van der Waals surface area contributed by atoms with Crippen LogP contribution in [0.5, 0.6) is 0 Å². The SMILES string of the molecule is CCN(C(=O)NCCc1ccccc1Cl)[C@@H](C)CS(C)(=O)=O. The molecule has 124 valence electrons. The number of rotatable bonds is 7. The summed E-state index contributed by atoms with van der Waals surface area (Å²) in [6.07, 6.45) is 1.80. The van der Waals surface area contributed by atoms with Gasteiger partial charge in [0.15, 0.2) is 0 Å². The highest BCUT2D eigenvalue weighted by atomic mass is 35.5. The minimum atomic E-state index is -3.12. The Bertz CT molecular complexity index is 605. The number of nitrogens with zero attached hydrogens (tertiary/aromatic N) is 1. The Morgan fingerprint density at radius 2 is 2.00 bits per heavy atom. The Balaban J connectivity index is 2.53. The molecule has 1 N–H and O–H groups in total. The number of halogens is 1. The van der Waals surface area contributed by atoms with E-state index in [1.807, 2.05) is 31.2 Å². The van der Waals surface area contributed by atoms with E-state index in [0.717, 1.165) is 5.56 Å². The Morgan fingerprint density at radius 1 is 1.36 bits per heavy atom. The van der Waals surface area contributed by atoms with E-state index in [9.17, 15) is 13.2 Å². The maximum absolute atomic E-state index is 12.2. The maximum atomic E-state index is 12.2. The zero-order chi connectivity index (χ0) is 16.8. The predicted molar refractivity (Wildman–Crippen MR) is 90.1 cm³/mol. The number of hydrogen-bond acceptors (Lipinski definition) is 3. The van der Waals surface area contributed by atoms with Crippen molar-refractivity contribution in [2.45, 2.75) is 26.3 Å². The van der Waals surface area contributed by atoms with E-state index in [1.165, 1.54) is 11.2 Å². The van der Waals surface area contributed by atoms with Crippen LogP contribution in [0, 0.1) is 0 Å². The average Bonchev–Trinajstić information content (AvgIpc) is 2.39. The Labute approximate surface area is 137 Å². The molecule has 0 saturated carbocycles. The van der Waals surface area contributed by atoms with E-state index < -0.39 is 9.84 Å². The van der Waals surface area contributed by atoms with Gasteiger partial charge in [0.25, 0.3) is 0 Å². The van der Waals surface area contributed by atoms with Gasteiger partial charge in [-0.25, -0.2) is 13.2 Å². The van der Waals surface area contributed by atoms with Gasteiger partial charge in [0, 0.05) is 30.4 Å². The molecule has 1 aromatic carbocycles. The summed E-state index contributed by atoms with van der Waals surface area (Å²) in [5.74, 6) is -0.0429. The number of nitrogens with one attached hydrogen (secondary N) is 1. The zero-order valence-electron chi connectivity index (χ0n) is 13.2. The summed E-state index contributed by atoms with van der Waals surface area (Å²) in [5, 5.41) is 3.49. The second-order valence-corrected chi connectivity index (χ2v) is 7.89. The van der Waals surface area contributed by atoms with Gasteiger partial charge in [-0.2, -0.15) is 0 Å². The van der Waals surface area contributed by atoms with Crippen LogP contribution in [0.2, 0.25) is 5.02 Å². The summed E-state index contributed by atoms with van der Waals surface area (Å²) < 4.78 is 22.7. The van der Waals surface area contributed by atoms with E-state index in [4.69, 9.17) is 11.6 Å². The molecule has 0 spiro atoms. The van der Waals surface area contributed by atoms with Gasteiger partial charge in [-0.1, -0.05) is 29.8 Å². The molecular formula is C15H23ClN2O3S. The lowest BCUT2D eigenvalue weighted by Crippen LogP contribution is -2.47. The van der Waals surface area contributed by atoms with Crippen molar-refractivity contribution in [1.29, 1.82) is 0 Å². The molecule has 0 aromatic heterocycles. The van der Waals surface area contributed by atoms with Gasteiger partial charge in [0.05, 0.1) is 5.75 Å². The summed E-state index contributed by atoms with van der Waals surface area (Å²) in [6.45, 7) is 4.46. The fourth-order valence-corrected chi connectivity index (χ4v) is 3.58. The molecule has 0 aliphatic carbocycles. The molecule has 22 heavy (non-hydrogen) atoms. The van der Waals surface area contributed by atoms with Crippen LogP contribution >= 0.6 is 11.6 Å². The summed E-state index contributed by atoms with van der Waals surface area (Å²) >= 11 is 6.06. The van der Waals surface area contributed by atoms with E-state index in [2.05, 4.69) is 5.32 Å². The molecule has 0 aliphatic heterocycles. The fourth-order valence-electron chi connectivity index (χ4n) is 2.29. The Morgan fingerprint density at radius 3 is 2.55 bits per heavy atom. The van der Waals surface area contributed by atoms with Crippen molar-refractivity contribution < 1.29 is 13.2 Å². The average molecular weight is 347 g/mol. The number of carbonyl (C=O) groups excluding carboxylic acids is 1. The lowest BCUT2D eigenvalue weighted by Gasteiger charge is -2.27. The number of sulfone groups is 1. The summed E-state index contributed by atoms with van der Waals surface area (Å²) in [5.41, 5.74) is 0.969. The molecule has 7 heteroatoms. The molecule has 1 aromatic rings. The first-order valence-corrected chi connectivity index (χ1v) is 9.64. The normalized spacial score (nSPS) is 12.7. The molecule has 0 fully saturated rings. The molecule has 1 rings (SSSR count). The highest BCUT2D eigenvalue weighted by Crippen LogP contribution is 2.14. The molecule has 5 nitrogen and oxygen atoms in total. The zero-order valence-corrected chi connectivity index (χ0v) is 14.7. The predicted octanol–water partition coefficient (Wildman–Crippen LogP) is 2.35. The van der Waals surface area contributed by atoms with Crippen LogP contribution in [-0.2, 0) is 16.3 Å². The van der Waals surface area contributed by atoms with Crippen LogP contribution in [0.3, 0.4) is 0 Å². The van der Waals surface area contributed by atoms with Gasteiger partial charge in [0.1, 0.15) is 9.84 Å². The second kappa shape index (κ2) is 8.39. The lowest BCUT2D eigenvalue weighted by atomic mass is 10.1. The molecule has 0 aliphatic rings. The van der Waals surface area contributed by atoms with Crippen molar-refractivity contribution in [2.24, 2.45) is 0 Å². The highest BCUT2D eigenvalue weighted by molar-refractivity contribution is 7.90. The molecule has 0 bridgehead atoms. The second-order valence-electron chi connectivity index (χ2n) is 5.30. The number of carbonyl (C=O) groups is 1. The van der Waals surface area contributed by atoms with Gasteiger partial charge in [-0.05, 0) is 31.9 Å². The van der Waals surface area contributed by atoms with Crippen molar-refractivity contribution in [3.05, 3.63) is 34.9 Å². The molecule has 1 atom stereocenters. The van der Waals surface area contributed by atoms with E-state index in [1.54, 1.807) is 6.92 Å². The van der Waals surface area contributed by atoms with Crippen LogP contribution in [-0.4, -0.2) is 50.5 Å². The number of hydrogen-bond donors (Lipinski definition) is 1. The van der Waals surface area contributed by atoms with Gasteiger partial charge >= 0.3 is 6.03 Å². The fraction of sp³-hybridized carbons (Fsp3) is 0.533. The van der Waals surface area contributed by atoms with Crippen molar-refractivity contribution in [3.8, 4) is 0 Å². The summed E-state index contributed by atoms with van der Waals surface area (Å²) in [4.78, 5) is 13.7. The summed E-state index contributed by atoms with van der Waals surface area (Å²) in [6, 6.07) is 6.86. The number of benzene rings is 1. The number of urea groups is 1. The van der Waals surface area contributed by atoms with Gasteiger partial charge in [-0.3, -0.25) is 0 Å². The van der Waals surface area contributed by atoms with E-state index in [-0.39, 0.29) is 17.8 Å². The van der Waals surface area contributed by atoms with Crippen LogP contribution in [0.4, 0.5) is 4.79 Å². The van der Waals surface area contributed by atoms with Crippen LogP contribution in [0.15, 0.2) is 24.3 Å². The monoisotopic (exact) mass is 346 g/mol. The highest BCUT2D eigenvalue weighted by Gasteiger charge is 2.21. The van der Waals surface area contributed by atoms with Gasteiger partial charge in [0.2, 0.25) is 0 Å². The molecule has 0 radical (unpaired) electrons. The van der Waals surface area contributed by atoms with Crippen LogP contribution in [0.25, 0.3) is 0 Å². The minimum Gasteiger partial charge on any atom is -0.338 e. The largest absolute Gasteiger partial charge is 0.338 e. The van der Waals surface area contributed by atoms with Crippen molar-refractivity contribution >= 4 is 27.5 Å². The molecule has 0 heterocycles. The minimum absolute atomic E-state index is 0.0429. The van der Waals surface area contributed by atoms with E-state index in [0.29, 0.717) is 24.5 Å². The first kappa shape index (κ1) is 18.8. The quantitative estimate of drug-likeness (QED) is 0.824. The molecule has 0 unspecified atom stereocenters. The first-order chi connectivity index (χ1) is 10.2.